The van der Waals surface area contributed by atoms with Gasteiger partial charge in [-0.05, 0) is 43.3 Å². The van der Waals surface area contributed by atoms with Crippen molar-refractivity contribution in [2.24, 2.45) is 0 Å². The number of anilines is 2. The Morgan fingerprint density at radius 2 is 2.04 bits per heavy atom. The Labute approximate surface area is 154 Å². The summed E-state index contributed by atoms with van der Waals surface area (Å²) in [5, 5.41) is 5.54. The lowest BCUT2D eigenvalue weighted by molar-refractivity contribution is 0.314. The third-order valence-electron chi connectivity index (χ3n) is 3.97. The average Bonchev–Trinajstić information content (AvgIpc) is 3.13. The zero-order valence-corrected chi connectivity index (χ0v) is 15.0. The van der Waals surface area contributed by atoms with Crippen LogP contribution in [0.1, 0.15) is 6.92 Å². The van der Waals surface area contributed by atoms with Gasteiger partial charge in [-0.3, -0.25) is 0 Å². The Balaban J connectivity index is 1.90. The monoisotopic (exact) mass is 369 g/mol. The van der Waals surface area contributed by atoms with E-state index in [1.807, 2.05) is 43.3 Å². The van der Waals surface area contributed by atoms with Crippen LogP contribution >= 0.6 is 11.6 Å². The van der Waals surface area contributed by atoms with Crippen LogP contribution in [0.3, 0.4) is 0 Å². The van der Waals surface area contributed by atoms with Crippen LogP contribution in [0.25, 0.3) is 21.9 Å². The minimum Gasteiger partial charge on any atom is -0.497 e. The highest BCUT2D eigenvalue weighted by molar-refractivity contribution is 6.35. The number of benzene rings is 2. The van der Waals surface area contributed by atoms with E-state index in [1.165, 1.54) is 0 Å². The zero-order chi connectivity index (χ0) is 18.1. The number of aromatic nitrogens is 2. The van der Waals surface area contributed by atoms with Gasteiger partial charge in [0.15, 0.2) is 5.58 Å². The van der Waals surface area contributed by atoms with Gasteiger partial charge in [0.1, 0.15) is 17.3 Å². The van der Waals surface area contributed by atoms with Gasteiger partial charge < -0.3 is 19.2 Å². The van der Waals surface area contributed by atoms with Gasteiger partial charge >= 0.3 is 6.01 Å². The summed E-state index contributed by atoms with van der Waals surface area (Å²) in [5.74, 6) is 1.26. The number of methoxy groups -OCH3 is 1. The molecule has 26 heavy (non-hydrogen) atoms. The number of hydrogen-bond donors (Lipinski definition) is 1. The summed E-state index contributed by atoms with van der Waals surface area (Å²) < 4.78 is 16.4. The molecule has 7 heteroatoms. The van der Waals surface area contributed by atoms with Gasteiger partial charge in [-0.2, -0.15) is 9.97 Å². The van der Waals surface area contributed by atoms with Crippen molar-refractivity contribution < 1.29 is 13.9 Å². The molecule has 0 unspecified atom stereocenters. The van der Waals surface area contributed by atoms with Crippen LogP contribution in [0.2, 0.25) is 5.02 Å². The molecule has 0 aliphatic rings. The Kier molecular flexibility index (Phi) is 4.26. The van der Waals surface area contributed by atoms with Gasteiger partial charge in [-0.25, -0.2) is 0 Å². The minimum absolute atomic E-state index is 0.287. The molecule has 6 nitrogen and oxygen atoms in total. The van der Waals surface area contributed by atoms with E-state index in [-0.39, 0.29) is 6.01 Å². The third kappa shape index (κ3) is 2.88. The first-order chi connectivity index (χ1) is 12.7. The lowest BCUT2D eigenvalue weighted by atomic mass is 10.2. The summed E-state index contributed by atoms with van der Waals surface area (Å²) in [7, 11) is 1.62. The predicted octanol–water partition coefficient (Wildman–Crippen LogP) is 5.18. The molecule has 0 atom stereocenters. The Bertz CT molecular complexity index is 1090. The topological polar surface area (TPSA) is 69.4 Å². The van der Waals surface area contributed by atoms with Crippen LogP contribution in [0.5, 0.6) is 11.8 Å². The van der Waals surface area contributed by atoms with Crippen LogP contribution in [0.15, 0.2) is 47.1 Å². The molecule has 0 fully saturated rings. The third-order valence-corrected chi connectivity index (χ3v) is 4.28. The fourth-order valence-electron chi connectivity index (χ4n) is 2.75. The lowest BCUT2D eigenvalue weighted by Crippen LogP contribution is -2.03. The van der Waals surface area contributed by atoms with Crippen molar-refractivity contribution in [1.29, 1.82) is 0 Å². The number of nitrogens with one attached hydrogen (secondary N) is 1. The van der Waals surface area contributed by atoms with Crippen molar-refractivity contribution in [1.82, 2.24) is 9.97 Å². The van der Waals surface area contributed by atoms with E-state index >= 15 is 0 Å². The Morgan fingerprint density at radius 3 is 2.85 bits per heavy atom. The lowest BCUT2D eigenvalue weighted by Gasteiger charge is -2.13. The molecular weight excluding hydrogens is 354 g/mol. The molecule has 0 saturated carbocycles. The number of nitrogens with zero attached hydrogens (tertiary/aromatic N) is 2. The Hall–Kier alpha value is -2.99. The molecule has 0 aliphatic carbocycles. The van der Waals surface area contributed by atoms with E-state index in [9.17, 15) is 0 Å². The maximum atomic E-state index is 6.40. The minimum atomic E-state index is 0.287. The molecule has 132 valence electrons. The summed E-state index contributed by atoms with van der Waals surface area (Å²) in [6, 6.07) is 11.4. The van der Waals surface area contributed by atoms with Crippen molar-refractivity contribution in [2.45, 2.75) is 6.92 Å². The molecule has 0 radical (unpaired) electrons. The fourth-order valence-corrected chi connectivity index (χ4v) is 2.94. The molecule has 2 heterocycles. The summed E-state index contributed by atoms with van der Waals surface area (Å²) in [6.45, 7) is 2.35. The highest BCUT2D eigenvalue weighted by atomic mass is 35.5. The average molecular weight is 370 g/mol. The molecule has 2 aromatic heterocycles. The van der Waals surface area contributed by atoms with Crippen molar-refractivity contribution in [3.8, 4) is 11.8 Å². The van der Waals surface area contributed by atoms with Gasteiger partial charge in [-0.15, -0.1) is 0 Å². The summed E-state index contributed by atoms with van der Waals surface area (Å²) in [6.07, 6.45) is 1.62. The number of hydrogen-bond acceptors (Lipinski definition) is 6. The second kappa shape index (κ2) is 6.72. The number of ether oxygens (including phenoxy) is 2. The molecule has 4 aromatic rings. The smallest absolute Gasteiger partial charge is 0.318 e. The van der Waals surface area contributed by atoms with Crippen molar-refractivity contribution in [3.05, 3.63) is 47.7 Å². The molecule has 0 saturated heterocycles. The molecule has 2 aromatic carbocycles. The van der Waals surface area contributed by atoms with Crippen molar-refractivity contribution >= 4 is 45.0 Å². The molecular formula is C19H16ClN3O3. The highest BCUT2D eigenvalue weighted by Gasteiger charge is 2.15. The first kappa shape index (κ1) is 16.5. The van der Waals surface area contributed by atoms with E-state index in [0.717, 1.165) is 16.3 Å². The molecule has 0 spiro atoms. The predicted molar refractivity (Wildman–Crippen MR) is 102 cm³/mol. The van der Waals surface area contributed by atoms with Crippen molar-refractivity contribution in [2.75, 3.05) is 19.0 Å². The molecule has 0 amide bonds. The number of rotatable bonds is 5. The molecule has 0 aliphatic heterocycles. The van der Waals surface area contributed by atoms with Gasteiger partial charge in [0.05, 0.1) is 30.5 Å². The zero-order valence-electron chi connectivity index (χ0n) is 14.2. The summed E-state index contributed by atoms with van der Waals surface area (Å²) in [5.41, 5.74) is 2.03. The first-order valence-corrected chi connectivity index (χ1v) is 8.48. The van der Waals surface area contributed by atoms with E-state index in [2.05, 4.69) is 15.3 Å². The number of fused-ring (bicyclic) bond motifs is 2. The quantitative estimate of drug-likeness (QED) is 0.522. The molecule has 1 N–H and O–H groups in total. The normalized spacial score (nSPS) is 11.0. The number of halogens is 1. The maximum absolute atomic E-state index is 6.40. The summed E-state index contributed by atoms with van der Waals surface area (Å²) >= 11 is 6.40. The maximum Gasteiger partial charge on any atom is 0.318 e. The molecule has 4 rings (SSSR count). The number of furan rings is 1. The van der Waals surface area contributed by atoms with Crippen LogP contribution in [-0.4, -0.2) is 23.7 Å². The van der Waals surface area contributed by atoms with Crippen LogP contribution in [0.4, 0.5) is 11.5 Å². The van der Waals surface area contributed by atoms with Gasteiger partial charge in [-0.1, -0.05) is 11.6 Å². The van der Waals surface area contributed by atoms with Crippen LogP contribution < -0.4 is 14.8 Å². The summed E-state index contributed by atoms with van der Waals surface area (Å²) in [4.78, 5) is 8.93. The van der Waals surface area contributed by atoms with Crippen LogP contribution in [0, 0.1) is 0 Å². The second-order valence-electron chi connectivity index (χ2n) is 5.56. The van der Waals surface area contributed by atoms with E-state index < -0.39 is 0 Å². The van der Waals surface area contributed by atoms with Gasteiger partial charge in [0, 0.05) is 10.8 Å². The SMILES string of the molecule is CCOc1nc(Nc2c(Cl)ccc3ccoc23)c2cc(OC)ccc2n1. The highest BCUT2D eigenvalue weighted by Crippen LogP contribution is 2.36. The molecule has 0 bridgehead atoms. The largest absolute Gasteiger partial charge is 0.497 e. The van der Waals surface area contributed by atoms with Gasteiger partial charge in [0.25, 0.3) is 0 Å². The Morgan fingerprint density at radius 1 is 1.15 bits per heavy atom. The van der Waals surface area contributed by atoms with E-state index in [1.54, 1.807) is 13.4 Å². The van der Waals surface area contributed by atoms with Crippen molar-refractivity contribution in [3.63, 3.8) is 0 Å². The standard InChI is InChI=1S/C19H16ClN3O3/c1-3-25-19-21-15-7-5-12(24-2)10-13(15)18(23-19)22-16-14(20)6-4-11-8-9-26-17(11)16/h4-10H,3H2,1-2H3,(H,21,22,23). The fraction of sp³-hybridized carbons (Fsp3) is 0.158. The first-order valence-electron chi connectivity index (χ1n) is 8.11. The van der Waals surface area contributed by atoms with E-state index in [4.69, 9.17) is 25.5 Å². The van der Waals surface area contributed by atoms with Crippen LogP contribution in [-0.2, 0) is 0 Å². The van der Waals surface area contributed by atoms with E-state index in [0.29, 0.717) is 34.5 Å². The van der Waals surface area contributed by atoms with Gasteiger partial charge in [0.2, 0.25) is 0 Å². The second-order valence-corrected chi connectivity index (χ2v) is 5.96.